The van der Waals surface area contributed by atoms with E-state index in [2.05, 4.69) is 10.6 Å². The fourth-order valence-electron chi connectivity index (χ4n) is 2.78. The van der Waals surface area contributed by atoms with E-state index in [1.807, 2.05) is 71.6 Å². The molecule has 0 aliphatic rings. The fraction of sp³-hybridized carbons (Fsp3) is 0.190. The summed E-state index contributed by atoms with van der Waals surface area (Å²) in [4.78, 5) is 12.2. The number of carbonyl (C=O) groups excluding carboxylic acids is 1. The lowest BCUT2D eigenvalue weighted by Crippen LogP contribution is -2.30. The number of aromatic nitrogens is 1. The molecule has 3 aromatic rings. The largest absolute Gasteiger partial charge is 0.493 e. The van der Waals surface area contributed by atoms with Gasteiger partial charge < -0.3 is 24.7 Å². The van der Waals surface area contributed by atoms with Crippen molar-refractivity contribution in [2.24, 2.45) is 0 Å². The van der Waals surface area contributed by atoms with Gasteiger partial charge in [0, 0.05) is 30.3 Å². The van der Waals surface area contributed by atoms with Crippen LogP contribution < -0.4 is 20.1 Å². The van der Waals surface area contributed by atoms with Gasteiger partial charge in [-0.3, -0.25) is 0 Å². The number of ether oxygens (including phenoxy) is 2. The van der Waals surface area contributed by atoms with Crippen molar-refractivity contribution in [3.63, 3.8) is 0 Å². The lowest BCUT2D eigenvalue weighted by atomic mass is 10.1. The predicted molar refractivity (Wildman–Crippen MR) is 106 cm³/mol. The molecule has 2 aromatic carbocycles. The molecule has 0 saturated heterocycles. The first-order valence-corrected chi connectivity index (χ1v) is 8.69. The van der Waals surface area contributed by atoms with Crippen LogP contribution in [0.5, 0.6) is 11.5 Å². The molecule has 0 fully saturated rings. The van der Waals surface area contributed by atoms with Crippen LogP contribution >= 0.6 is 0 Å². The van der Waals surface area contributed by atoms with Crippen LogP contribution in [-0.2, 0) is 6.42 Å². The lowest BCUT2D eigenvalue weighted by Gasteiger charge is -2.11. The Balaban J connectivity index is 1.52. The van der Waals surface area contributed by atoms with Crippen molar-refractivity contribution in [2.75, 3.05) is 26.1 Å². The Morgan fingerprint density at radius 3 is 2.48 bits per heavy atom. The van der Waals surface area contributed by atoms with E-state index in [1.165, 1.54) is 0 Å². The summed E-state index contributed by atoms with van der Waals surface area (Å²) < 4.78 is 12.5. The molecule has 0 atom stereocenters. The Labute approximate surface area is 158 Å². The molecule has 6 nitrogen and oxygen atoms in total. The SMILES string of the molecule is COc1ccc(CCNC(=O)Nc2cccc(-n3cccc3)c2)cc1OC. The van der Waals surface area contributed by atoms with Crippen LogP contribution in [0, 0.1) is 0 Å². The zero-order valence-corrected chi connectivity index (χ0v) is 15.4. The number of benzene rings is 2. The van der Waals surface area contributed by atoms with Gasteiger partial charge in [-0.2, -0.15) is 0 Å². The number of rotatable bonds is 7. The molecule has 3 rings (SSSR count). The Bertz CT molecular complexity index is 891. The Hall–Kier alpha value is -3.41. The van der Waals surface area contributed by atoms with Gasteiger partial charge in [0.15, 0.2) is 11.5 Å². The van der Waals surface area contributed by atoms with Crippen LogP contribution in [-0.4, -0.2) is 31.4 Å². The highest BCUT2D eigenvalue weighted by Gasteiger charge is 2.06. The van der Waals surface area contributed by atoms with Gasteiger partial charge >= 0.3 is 6.03 Å². The Kier molecular flexibility index (Phi) is 5.99. The summed E-state index contributed by atoms with van der Waals surface area (Å²) in [6.07, 6.45) is 4.61. The quantitative estimate of drug-likeness (QED) is 0.668. The van der Waals surface area contributed by atoms with Gasteiger partial charge in [0.1, 0.15) is 0 Å². The summed E-state index contributed by atoms with van der Waals surface area (Å²) in [5, 5.41) is 5.73. The minimum atomic E-state index is -0.236. The van der Waals surface area contributed by atoms with E-state index < -0.39 is 0 Å². The summed E-state index contributed by atoms with van der Waals surface area (Å²) in [5.41, 5.74) is 2.79. The molecule has 0 bridgehead atoms. The molecule has 6 heteroatoms. The van der Waals surface area contributed by atoms with Gasteiger partial charge in [0.25, 0.3) is 0 Å². The predicted octanol–water partition coefficient (Wildman–Crippen LogP) is 3.86. The van der Waals surface area contributed by atoms with E-state index in [1.54, 1.807) is 14.2 Å². The van der Waals surface area contributed by atoms with E-state index in [9.17, 15) is 4.79 Å². The molecule has 0 aliphatic carbocycles. The van der Waals surface area contributed by atoms with Crippen molar-refractivity contribution in [3.05, 3.63) is 72.6 Å². The molecule has 0 spiro atoms. The summed E-state index contributed by atoms with van der Waals surface area (Å²) in [7, 11) is 3.21. The third-order valence-electron chi connectivity index (χ3n) is 4.15. The third kappa shape index (κ3) is 4.82. The lowest BCUT2D eigenvalue weighted by molar-refractivity contribution is 0.252. The zero-order valence-electron chi connectivity index (χ0n) is 15.4. The second kappa shape index (κ2) is 8.80. The molecule has 2 amide bonds. The average molecular weight is 365 g/mol. The van der Waals surface area contributed by atoms with E-state index in [0.29, 0.717) is 24.5 Å². The van der Waals surface area contributed by atoms with E-state index in [4.69, 9.17) is 9.47 Å². The van der Waals surface area contributed by atoms with Gasteiger partial charge in [-0.05, 0) is 54.4 Å². The minimum absolute atomic E-state index is 0.236. The van der Waals surface area contributed by atoms with Crippen LogP contribution in [0.3, 0.4) is 0 Å². The number of nitrogens with zero attached hydrogens (tertiary/aromatic N) is 1. The smallest absolute Gasteiger partial charge is 0.319 e. The normalized spacial score (nSPS) is 10.3. The van der Waals surface area contributed by atoms with Crippen LogP contribution in [0.1, 0.15) is 5.56 Å². The number of anilines is 1. The molecule has 1 aromatic heterocycles. The number of hydrogen-bond donors (Lipinski definition) is 2. The van der Waals surface area contributed by atoms with Crippen molar-refractivity contribution in [2.45, 2.75) is 6.42 Å². The molecule has 1 heterocycles. The molecule has 2 N–H and O–H groups in total. The van der Waals surface area contributed by atoms with E-state index >= 15 is 0 Å². The molecule has 27 heavy (non-hydrogen) atoms. The van der Waals surface area contributed by atoms with Gasteiger partial charge in [0.05, 0.1) is 14.2 Å². The Morgan fingerprint density at radius 1 is 0.963 bits per heavy atom. The zero-order chi connectivity index (χ0) is 19.1. The number of methoxy groups -OCH3 is 2. The molecule has 140 valence electrons. The van der Waals surface area contributed by atoms with Crippen LogP contribution in [0.2, 0.25) is 0 Å². The number of nitrogens with one attached hydrogen (secondary N) is 2. The molecule has 0 radical (unpaired) electrons. The summed E-state index contributed by atoms with van der Waals surface area (Å²) in [6, 6.07) is 17.1. The molecular formula is C21H23N3O3. The van der Waals surface area contributed by atoms with Crippen molar-refractivity contribution < 1.29 is 14.3 Å². The first-order valence-electron chi connectivity index (χ1n) is 8.69. The fourth-order valence-corrected chi connectivity index (χ4v) is 2.78. The van der Waals surface area contributed by atoms with Crippen molar-refractivity contribution in [1.29, 1.82) is 0 Å². The number of amides is 2. The van der Waals surface area contributed by atoms with Crippen LogP contribution in [0.4, 0.5) is 10.5 Å². The van der Waals surface area contributed by atoms with Crippen LogP contribution in [0.25, 0.3) is 5.69 Å². The average Bonchev–Trinajstić information content (AvgIpc) is 3.23. The van der Waals surface area contributed by atoms with Gasteiger partial charge in [0.2, 0.25) is 0 Å². The standard InChI is InChI=1S/C21H23N3O3/c1-26-19-9-8-16(14-20(19)27-2)10-11-22-21(25)23-17-6-5-7-18(15-17)24-12-3-4-13-24/h3-9,12-15H,10-11H2,1-2H3,(H2,22,23,25). The van der Waals surface area contributed by atoms with E-state index in [-0.39, 0.29) is 6.03 Å². The molecule has 0 aliphatic heterocycles. The van der Waals surface area contributed by atoms with Crippen LogP contribution in [0.15, 0.2) is 67.0 Å². The summed E-state index contributed by atoms with van der Waals surface area (Å²) in [6.45, 7) is 0.513. The molecular weight excluding hydrogens is 342 g/mol. The van der Waals surface area contributed by atoms with Crippen molar-refractivity contribution in [1.82, 2.24) is 9.88 Å². The van der Waals surface area contributed by atoms with Crippen molar-refractivity contribution in [3.8, 4) is 17.2 Å². The van der Waals surface area contributed by atoms with Gasteiger partial charge in [-0.15, -0.1) is 0 Å². The summed E-state index contributed by atoms with van der Waals surface area (Å²) in [5.74, 6) is 1.37. The number of hydrogen-bond acceptors (Lipinski definition) is 3. The van der Waals surface area contributed by atoms with Gasteiger partial charge in [-0.1, -0.05) is 12.1 Å². The first-order chi connectivity index (χ1) is 13.2. The first kappa shape index (κ1) is 18.4. The second-order valence-corrected chi connectivity index (χ2v) is 5.96. The Morgan fingerprint density at radius 2 is 1.74 bits per heavy atom. The summed E-state index contributed by atoms with van der Waals surface area (Å²) >= 11 is 0. The highest BCUT2D eigenvalue weighted by atomic mass is 16.5. The monoisotopic (exact) mass is 365 g/mol. The van der Waals surface area contributed by atoms with Crippen molar-refractivity contribution >= 4 is 11.7 Å². The maximum atomic E-state index is 12.2. The molecule has 0 unspecified atom stereocenters. The maximum absolute atomic E-state index is 12.2. The minimum Gasteiger partial charge on any atom is -0.493 e. The highest BCUT2D eigenvalue weighted by molar-refractivity contribution is 5.89. The van der Waals surface area contributed by atoms with Gasteiger partial charge in [-0.25, -0.2) is 4.79 Å². The van der Waals surface area contributed by atoms with E-state index in [0.717, 1.165) is 16.9 Å². The molecule has 0 saturated carbocycles. The topological polar surface area (TPSA) is 64.5 Å². The third-order valence-corrected chi connectivity index (χ3v) is 4.15. The second-order valence-electron chi connectivity index (χ2n) is 5.96. The maximum Gasteiger partial charge on any atom is 0.319 e. The number of urea groups is 1. The highest BCUT2D eigenvalue weighted by Crippen LogP contribution is 2.27. The number of carbonyl (C=O) groups is 1.